The number of imidazole rings is 1. The highest BCUT2D eigenvalue weighted by atomic mass is 15.4. The number of hydrazine groups is 1. The summed E-state index contributed by atoms with van der Waals surface area (Å²) in [5.74, 6) is 0.799. The number of hydrogen-bond donors (Lipinski definition) is 3. The van der Waals surface area contributed by atoms with Gasteiger partial charge in [-0.1, -0.05) is 48.5 Å². The molecule has 0 aliphatic carbocycles. The molecule has 118 valence electrons. The molecule has 2 atom stereocenters. The number of allylic oxidation sites excluding steroid dienone is 1. The fourth-order valence-corrected chi connectivity index (χ4v) is 3.12. The number of benzene rings is 2. The van der Waals surface area contributed by atoms with E-state index >= 15 is 0 Å². The first-order valence-electron chi connectivity index (χ1n) is 7.95. The molecule has 0 radical (unpaired) electrons. The second-order valence-corrected chi connectivity index (χ2v) is 5.87. The molecule has 0 bridgehead atoms. The van der Waals surface area contributed by atoms with E-state index in [2.05, 4.69) is 39.0 Å². The number of hydrogen-bond acceptors (Lipinski definition) is 4. The minimum atomic E-state index is 0.138. The Morgan fingerprint density at radius 1 is 1.12 bits per heavy atom. The third kappa shape index (κ3) is 2.69. The quantitative estimate of drug-likeness (QED) is 0.650. The van der Waals surface area contributed by atoms with Crippen molar-refractivity contribution in [3.05, 3.63) is 72.1 Å². The van der Waals surface area contributed by atoms with Crippen LogP contribution in [0.4, 0.5) is 0 Å². The van der Waals surface area contributed by atoms with Crippen LogP contribution in [0, 0.1) is 17.2 Å². The number of para-hydroxylation sites is 2. The molecular weight excluding hydrogens is 298 g/mol. The lowest BCUT2D eigenvalue weighted by atomic mass is 9.93. The summed E-state index contributed by atoms with van der Waals surface area (Å²) in [6, 6.07) is 20.5. The van der Waals surface area contributed by atoms with E-state index in [1.54, 1.807) is 0 Å². The molecule has 3 N–H and O–H groups in total. The Kier molecular flexibility index (Phi) is 3.83. The average Bonchev–Trinajstić information content (AvgIpc) is 3.26. The zero-order chi connectivity index (χ0) is 16.4. The first-order valence-corrected chi connectivity index (χ1v) is 7.95. The summed E-state index contributed by atoms with van der Waals surface area (Å²) in [6.07, 6.45) is 2.00. The lowest BCUT2D eigenvalue weighted by Crippen LogP contribution is -2.24. The standard InChI is InChI=1S/C19H17N5/c20-11-14(19-22-16-8-4-5-9-17(16)23-19)10-15-12-21-24-18(15)13-6-2-1-3-7-13/h1-10,15,18,21,24H,12H2,(H,22,23)/b14-10+. The van der Waals surface area contributed by atoms with Gasteiger partial charge in [0.15, 0.2) is 0 Å². The highest BCUT2D eigenvalue weighted by Gasteiger charge is 2.27. The number of H-pyrrole nitrogens is 1. The highest BCUT2D eigenvalue weighted by molar-refractivity contribution is 5.82. The molecule has 2 heterocycles. The topological polar surface area (TPSA) is 76.5 Å². The molecule has 0 amide bonds. The van der Waals surface area contributed by atoms with Crippen molar-refractivity contribution in [2.75, 3.05) is 6.54 Å². The van der Waals surface area contributed by atoms with Crippen molar-refractivity contribution >= 4 is 16.6 Å². The summed E-state index contributed by atoms with van der Waals surface area (Å²) in [4.78, 5) is 7.77. The van der Waals surface area contributed by atoms with Gasteiger partial charge in [-0.3, -0.25) is 5.43 Å². The van der Waals surface area contributed by atoms with Crippen LogP contribution >= 0.6 is 0 Å². The van der Waals surface area contributed by atoms with Crippen molar-refractivity contribution in [2.45, 2.75) is 6.04 Å². The second-order valence-electron chi connectivity index (χ2n) is 5.87. The molecule has 5 nitrogen and oxygen atoms in total. The summed E-state index contributed by atoms with van der Waals surface area (Å²) in [7, 11) is 0. The van der Waals surface area contributed by atoms with E-state index < -0.39 is 0 Å². The third-order valence-electron chi connectivity index (χ3n) is 4.33. The maximum Gasteiger partial charge on any atom is 0.148 e. The van der Waals surface area contributed by atoms with Crippen molar-refractivity contribution in [1.82, 2.24) is 20.8 Å². The van der Waals surface area contributed by atoms with Crippen LogP contribution in [0.1, 0.15) is 17.4 Å². The molecule has 1 fully saturated rings. The zero-order valence-corrected chi connectivity index (χ0v) is 13.0. The number of rotatable bonds is 3. The first-order chi connectivity index (χ1) is 11.8. The van der Waals surface area contributed by atoms with Gasteiger partial charge in [0, 0.05) is 12.5 Å². The van der Waals surface area contributed by atoms with E-state index in [0.717, 1.165) is 17.6 Å². The summed E-state index contributed by atoms with van der Waals surface area (Å²) >= 11 is 0. The van der Waals surface area contributed by atoms with Crippen LogP contribution in [-0.2, 0) is 0 Å². The number of aromatic nitrogens is 2. The third-order valence-corrected chi connectivity index (χ3v) is 4.33. The molecular formula is C19H17N5. The number of aromatic amines is 1. The number of nitriles is 1. The normalized spacial score (nSPS) is 21.0. The predicted octanol–water partition coefficient (Wildman–Crippen LogP) is 2.94. The monoisotopic (exact) mass is 315 g/mol. The van der Waals surface area contributed by atoms with E-state index in [1.807, 2.05) is 48.5 Å². The van der Waals surface area contributed by atoms with E-state index in [9.17, 15) is 5.26 Å². The Balaban J connectivity index is 1.68. The van der Waals surface area contributed by atoms with Crippen LogP contribution in [0.3, 0.4) is 0 Å². The van der Waals surface area contributed by atoms with Gasteiger partial charge >= 0.3 is 0 Å². The molecule has 24 heavy (non-hydrogen) atoms. The largest absolute Gasteiger partial charge is 0.337 e. The molecule has 3 aromatic rings. The van der Waals surface area contributed by atoms with Gasteiger partial charge in [-0.2, -0.15) is 5.26 Å². The number of fused-ring (bicyclic) bond motifs is 1. The maximum atomic E-state index is 9.60. The van der Waals surface area contributed by atoms with Gasteiger partial charge in [0.2, 0.25) is 0 Å². The van der Waals surface area contributed by atoms with Gasteiger partial charge in [0.05, 0.1) is 22.6 Å². The minimum Gasteiger partial charge on any atom is -0.337 e. The Morgan fingerprint density at radius 2 is 1.92 bits per heavy atom. The van der Waals surface area contributed by atoms with Gasteiger partial charge in [-0.15, -0.1) is 0 Å². The maximum absolute atomic E-state index is 9.60. The van der Waals surface area contributed by atoms with Crippen LogP contribution in [0.25, 0.3) is 16.6 Å². The van der Waals surface area contributed by atoms with E-state index in [0.29, 0.717) is 11.4 Å². The molecule has 1 aliphatic rings. The van der Waals surface area contributed by atoms with Gasteiger partial charge in [-0.25, -0.2) is 10.4 Å². The van der Waals surface area contributed by atoms with Crippen molar-refractivity contribution in [3.63, 3.8) is 0 Å². The molecule has 1 saturated heterocycles. The van der Waals surface area contributed by atoms with Gasteiger partial charge in [-0.05, 0) is 17.7 Å². The molecule has 2 aromatic carbocycles. The Labute approximate surface area is 140 Å². The molecule has 1 aliphatic heterocycles. The molecule has 2 unspecified atom stereocenters. The fraction of sp³-hybridized carbons (Fsp3) is 0.158. The zero-order valence-electron chi connectivity index (χ0n) is 13.0. The van der Waals surface area contributed by atoms with Crippen molar-refractivity contribution in [3.8, 4) is 6.07 Å². The van der Waals surface area contributed by atoms with Crippen molar-refractivity contribution in [1.29, 1.82) is 5.26 Å². The minimum absolute atomic E-state index is 0.138. The van der Waals surface area contributed by atoms with Crippen LogP contribution in [0.15, 0.2) is 60.7 Å². The highest BCUT2D eigenvalue weighted by Crippen LogP contribution is 2.28. The average molecular weight is 315 g/mol. The van der Waals surface area contributed by atoms with Crippen molar-refractivity contribution in [2.24, 2.45) is 5.92 Å². The Bertz CT molecular complexity index is 887. The SMILES string of the molecule is N#C/C(=C\C1CNNC1c1ccccc1)c1nc2ccccc2[nH]1. The second kappa shape index (κ2) is 6.28. The predicted molar refractivity (Wildman–Crippen MR) is 93.5 cm³/mol. The van der Waals surface area contributed by atoms with Gasteiger partial charge in [0.25, 0.3) is 0 Å². The van der Waals surface area contributed by atoms with E-state index in [4.69, 9.17) is 0 Å². The lowest BCUT2D eigenvalue weighted by Gasteiger charge is -2.15. The van der Waals surface area contributed by atoms with Crippen molar-refractivity contribution < 1.29 is 0 Å². The Hall–Kier alpha value is -2.94. The Morgan fingerprint density at radius 3 is 2.71 bits per heavy atom. The molecule has 0 spiro atoms. The van der Waals surface area contributed by atoms with Crippen LogP contribution < -0.4 is 10.9 Å². The lowest BCUT2D eigenvalue weighted by molar-refractivity contribution is 0.540. The summed E-state index contributed by atoms with van der Waals surface area (Å²) in [5.41, 5.74) is 10.1. The van der Waals surface area contributed by atoms with E-state index in [-0.39, 0.29) is 12.0 Å². The summed E-state index contributed by atoms with van der Waals surface area (Å²) in [5, 5.41) is 9.60. The molecule has 0 saturated carbocycles. The number of nitrogens with zero attached hydrogens (tertiary/aromatic N) is 2. The van der Waals surface area contributed by atoms with Crippen LogP contribution in [0.2, 0.25) is 0 Å². The molecule has 5 heteroatoms. The summed E-state index contributed by atoms with van der Waals surface area (Å²) < 4.78 is 0. The van der Waals surface area contributed by atoms with Gasteiger partial charge in [0.1, 0.15) is 11.9 Å². The molecule has 4 rings (SSSR count). The molecule has 1 aromatic heterocycles. The first kappa shape index (κ1) is 14.6. The smallest absolute Gasteiger partial charge is 0.148 e. The number of nitrogens with one attached hydrogen (secondary N) is 3. The van der Waals surface area contributed by atoms with Crippen LogP contribution in [0.5, 0.6) is 0 Å². The van der Waals surface area contributed by atoms with Crippen LogP contribution in [-0.4, -0.2) is 16.5 Å². The van der Waals surface area contributed by atoms with E-state index in [1.165, 1.54) is 5.56 Å². The summed E-state index contributed by atoms with van der Waals surface area (Å²) in [6.45, 7) is 0.769. The van der Waals surface area contributed by atoms with Gasteiger partial charge < -0.3 is 4.98 Å². The fourth-order valence-electron chi connectivity index (χ4n) is 3.12.